The van der Waals surface area contributed by atoms with Crippen molar-refractivity contribution < 1.29 is 28.4 Å². The number of benzene rings is 1. The fourth-order valence-electron chi connectivity index (χ4n) is 3.11. The Kier molecular flexibility index (Phi) is 7.33. The molecule has 1 heterocycles. The number of alkyl halides is 1. The molecule has 0 spiro atoms. The number of methoxy groups -OCH3 is 1. The first-order valence-electron chi connectivity index (χ1n) is 8.73. The molecule has 0 aliphatic carbocycles. The Bertz CT molecular complexity index is 912. The molecule has 29 heavy (non-hydrogen) atoms. The fourth-order valence-corrected chi connectivity index (χ4v) is 3.41. The van der Waals surface area contributed by atoms with E-state index in [0.29, 0.717) is 6.42 Å². The predicted molar refractivity (Wildman–Crippen MR) is 103 cm³/mol. The molecule has 8 nitrogen and oxygen atoms in total. The molecule has 1 N–H and O–H groups in total. The summed E-state index contributed by atoms with van der Waals surface area (Å²) in [7, 11) is 1.11. The van der Waals surface area contributed by atoms with Crippen molar-refractivity contribution >= 4 is 29.2 Å². The topological polar surface area (TPSA) is 108 Å². The molecule has 1 aromatic carbocycles. The Labute approximate surface area is 171 Å². The third kappa shape index (κ3) is 4.40. The van der Waals surface area contributed by atoms with E-state index in [2.05, 4.69) is 5.32 Å². The van der Waals surface area contributed by atoms with Crippen molar-refractivity contribution in [3.63, 3.8) is 0 Å². The molecule has 10 heteroatoms. The predicted octanol–water partition coefficient (Wildman–Crippen LogP) is 3.56. The van der Waals surface area contributed by atoms with Crippen molar-refractivity contribution in [2.75, 3.05) is 20.4 Å². The maximum Gasteiger partial charge on any atom is 0.336 e. The van der Waals surface area contributed by atoms with E-state index in [1.807, 2.05) is 6.92 Å². The molecule has 1 aliphatic heterocycles. The monoisotopic (exact) mass is 426 g/mol. The summed E-state index contributed by atoms with van der Waals surface area (Å²) in [5.74, 6) is -2.85. The van der Waals surface area contributed by atoms with E-state index >= 15 is 0 Å². The van der Waals surface area contributed by atoms with E-state index < -0.39 is 35.1 Å². The number of hydrogen-bond acceptors (Lipinski definition) is 7. The molecular formula is C19H20ClFN2O6. The van der Waals surface area contributed by atoms with Gasteiger partial charge in [-0.3, -0.25) is 10.1 Å². The van der Waals surface area contributed by atoms with Crippen LogP contribution in [0.15, 0.2) is 40.7 Å². The molecule has 1 aromatic rings. The van der Waals surface area contributed by atoms with E-state index in [1.165, 1.54) is 25.1 Å². The lowest BCUT2D eigenvalue weighted by Crippen LogP contribution is -2.34. The molecular weight excluding hydrogens is 407 g/mol. The first-order valence-corrected chi connectivity index (χ1v) is 9.11. The number of rotatable bonds is 7. The van der Waals surface area contributed by atoms with E-state index in [4.69, 9.17) is 21.1 Å². The number of hydrogen-bond donors (Lipinski definition) is 1. The van der Waals surface area contributed by atoms with Crippen LogP contribution in [-0.2, 0) is 19.1 Å². The molecule has 0 bridgehead atoms. The van der Waals surface area contributed by atoms with Crippen LogP contribution < -0.4 is 5.32 Å². The van der Waals surface area contributed by atoms with Crippen LogP contribution >= 0.6 is 11.6 Å². The first-order chi connectivity index (χ1) is 13.8. The Hall–Kier alpha value is -2.94. The molecule has 0 radical (unpaired) electrons. The number of esters is 2. The largest absolute Gasteiger partial charge is 0.466 e. The average Bonchev–Trinajstić information content (AvgIpc) is 2.70. The lowest BCUT2D eigenvalue weighted by molar-refractivity contribution is -0.384. The molecule has 1 aliphatic rings. The highest BCUT2D eigenvalue weighted by Crippen LogP contribution is 2.44. The van der Waals surface area contributed by atoms with Gasteiger partial charge in [-0.05, 0) is 18.9 Å². The summed E-state index contributed by atoms with van der Waals surface area (Å²) in [6, 6.07) is 4.00. The van der Waals surface area contributed by atoms with Gasteiger partial charge in [0.25, 0.3) is 5.69 Å². The second kappa shape index (κ2) is 9.51. The Morgan fingerprint density at radius 3 is 2.55 bits per heavy atom. The van der Waals surface area contributed by atoms with Gasteiger partial charge in [-0.1, -0.05) is 30.7 Å². The second-order valence-corrected chi connectivity index (χ2v) is 6.57. The minimum Gasteiger partial charge on any atom is -0.466 e. The number of nitro groups is 1. The van der Waals surface area contributed by atoms with Gasteiger partial charge < -0.3 is 14.8 Å². The maximum absolute atomic E-state index is 13.7. The summed E-state index contributed by atoms with van der Waals surface area (Å²) in [6.45, 7) is 2.40. The molecule has 0 amide bonds. The third-order valence-electron chi connectivity index (χ3n) is 4.36. The van der Waals surface area contributed by atoms with Crippen molar-refractivity contribution in [3.8, 4) is 0 Å². The van der Waals surface area contributed by atoms with Gasteiger partial charge in [-0.2, -0.15) is 0 Å². The van der Waals surface area contributed by atoms with Crippen molar-refractivity contribution in [2.24, 2.45) is 0 Å². The van der Waals surface area contributed by atoms with Crippen LogP contribution in [0.2, 0.25) is 5.02 Å². The smallest absolute Gasteiger partial charge is 0.336 e. The van der Waals surface area contributed by atoms with E-state index in [-0.39, 0.29) is 39.7 Å². The van der Waals surface area contributed by atoms with Gasteiger partial charge in [0.15, 0.2) is 0 Å². The average molecular weight is 427 g/mol. The van der Waals surface area contributed by atoms with Gasteiger partial charge in [0.05, 0.1) is 41.4 Å². The minimum absolute atomic E-state index is 0.00144. The Morgan fingerprint density at radius 2 is 2.00 bits per heavy atom. The van der Waals surface area contributed by atoms with Gasteiger partial charge >= 0.3 is 11.9 Å². The zero-order valence-corrected chi connectivity index (χ0v) is 16.8. The van der Waals surface area contributed by atoms with Gasteiger partial charge in [-0.15, -0.1) is 0 Å². The molecule has 1 atom stereocenters. The zero-order chi connectivity index (χ0) is 21.7. The van der Waals surface area contributed by atoms with E-state index in [9.17, 15) is 24.1 Å². The summed E-state index contributed by atoms with van der Waals surface area (Å²) in [6.07, 6.45) is 0.559. The summed E-state index contributed by atoms with van der Waals surface area (Å²) in [5.41, 5.74) is -0.387. The van der Waals surface area contributed by atoms with Crippen molar-refractivity contribution in [2.45, 2.75) is 26.2 Å². The Balaban J connectivity index is 2.79. The highest BCUT2D eigenvalue weighted by atomic mass is 35.5. The van der Waals surface area contributed by atoms with Crippen molar-refractivity contribution in [1.82, 2.24) is 5.32 Å². The van der Waals surface area contributed by atoms with Gasteiger partial charge in [0.1, 0.15) is 11.7 Å². The molecule has 0 aromatic heterocycles. The molecule has 2 rings (SSSR count). The summed E-state index contributed by atoms with van der Waals surface area (Å²) < 4.78 is 23.7. The highest BCUT2D eigenvalue weighted by Gasteiger charge is 2.40. The number of carbonyl (C=O) groups is 2. The standard InChI is InChI=1S/C19H20ClFN2O6/c1-4-8-29-19(25)14-10(2)22-12(9-21)16(18(24)28-3)15(14)11-6-5-7-13(17(11)20)23(26)27/h5-7,15,22H,4,8-9H2,1-3H3. The van der Waals surface area contributed by atoms with Crippen LogP contribution in [0.1, 0.15) is 31.7 Å². The number of nitro benzene ring substituents is 1. The summed E-state index contributed by atoms with van der Waals surface area (Å²) >= 11 is 6.26. The molecule has 0 saturated heterocycles. The minimum atomic E-state index is -1.20. The number of nitrogens with one attached hydrogen (secondary N) is 1. The number of carbonyl (C=O) groups excluding carboxylic acids is 2. The molecule has 0 fully saturated rings. The van der Waals surface area contributed by atoms with Crippen LogP contribution in [0.25, 0.3) is 0 Å². The maximum atomic E-state index is 13.7. The second-order valence-electron chi connectivity index (χ2n) is 6.19. The summed E-state index contributed by atoms with van der Waals surface area (Å²) in [4.78, 5) is 35.9. The van der Waals surface area contributed by atoms with E-state index in [1.54, 1.807) is 0 Å². The highest BCUT2D eigenvalue weighted by molar-refractivity contribution is 6.33. The SMILES string of the molecule is CCCOC(=O)C1=C(C)NC(CF)=C(C(=O)OC)C1c1cccc([N+](=O)[O-])c1Cl. The number of nitrogens with zero attached hydrogens (tertiary/aromatic N) is 1. The lowest BCUT2D eigenvalue weighted by atomic mass is 9.80. The molecule has 156 valence electrons. The van der Waals surface area contributed by atoms with Crippen molar-refractivity contribution in [3.05, 3.63) is 61.4 Å². The van der Waals surface area contributed by atoms with Crippen LogP contribution in [0, 0.1) is 10.1 Å². The van der Waals surface area contributed by atoms with Gasteiger partial charge in [0.2, 0.25) is 0 Å². The molecule has 0 saturated carbocycles. The normalized spacial score (nSPS) is 16.4. The first kappa shape index (κ1) is 22.4. The number of halogens is 2. The number of dihydropyridines is 1. The van der Waals surface area contributed by atoms with Crippen LogP contribution in [-0.4, -0.2) is 37.3 Å². The van der Waals surface area contributed by atoms with Crippen molar-refractivity contribution in [1.29, 1.82) is 0 Å². The van der Waals surface area contributed by atoms with E-state index in [0.717, 1.165) is 7.11 Å². The summed E-state index contributed by atoms with van der Waals surface area (Å²) in [5, 5.41) is 13.7. The Morgan fingerprint density at radius 1 is 1.31 bits per heavy atom. The van der Waals surface area contributed by atoms with Gasteiger partial charge in [-0.25, -0.2) is 14.0 Å². The lowest BCUT2D eigenvalue weighted by Gasteiger charge is -2.30. The van der Waals surface area contributed by atoms with Crippen LogP contribution in [0.3, 0.4) is 0 Å². The van der Waals surface area contributed by atoms with Gasteiger partial charge in [0, 0.05) is 11.8 Å². The zero-order valence-electron chi connectivity index (χ0n) is 16.1. The third-order valence-corrected chi connectivity index (χ3v) is 4.77. The van der Waals surface area contributed by atoms with Crippen LogP contribution in [0.4, 0.5) is 10.1 Å². The number of allylic oxidation sites excluding steroid dienone is 2. The molecule has 1 unspecified atom stereocenters. The number of ether oxygens (including phenoxy) is 2. The van der Waals surface area contributed by atoms with Crippen LogP contribution in [0.5, 0.6) is 0 Å². The fraction of sp³-hybridized carbons (Fsp3) is 0.368. The quantitative estimate of drug-likeness (QED) is 0.403.